The summed E-state index contributed by atoms with van der Waals surface area (Å²) in [5, 5.41) is 0. The fraction of sp³-hybridized carbons (Fsp3) is 0.318. The van der Waals surface area contributed by atoms with Gasteiger partial charge in [-0.2, -0.15) is 0 Å². The minimum absolute atomic E-state index is 0.122. The molecule has 6 nitrogen and oxygen atoms in total. The van der Waals surface area contributed by atoms with Crippen LogP contribution in [0.2, 0.25) is 0 Å². The van der Waals surface area contributed by atoms with Gasteiger partial charge < -0.3 is 15.4 Å². The molecule has 3 aromatic rings. The molecule has 4 rings (SSSR count). The van der Waals surface area contributed by atoms with E-state index in [4.69, 9.17) is 20.4 Å². The predicted octanol–water partition coefficient (Wildman–Crippen LogP) is 4.21. The van der Waals surface area contributed by atoms with Crippen LogP contribution in [0.15, 0.2) is 48.5 Å². The van der Waals surface area contributed by atoms with Crippen molar-refractivity contribution in [2.24, 2.45) is 0 Å². The van der Waals surface area contributed by atoms with Crippen molar-refractivity contribution in [1.82, 2.24) is 14.9 Å². The van der Waals surface area contributed by atoms with Gasteiger partial charge in [0.2, 0.25) is 0 Å². The van der Waals surface area contributed by atoms with Gasteiger partial charge in [-0.25, -0.2) is 14.8 Å². The quantitative estimate of drug-likeness (QED) is 0.678. The zero-order valence-corrected chi connectivity index (χ0v) is 16.3. The van der Waals surface area contributed by atoms with Crippen molar-refractivity contribution in [2.45, 2.75) is 32.3 Å². The van der Waals surface area contributed by atoms with Gasteiger partial charge in [0.25, 0.3) is 0 Å². The fourth-order valence-electron chi connectivity index (χ4n) is 3.28. The zero-order valence-electron chi connectivity index (χ0n) is 16.3. The number of benzene rings is 2. The van der Waals surface area contributed by atoms with Gasteiger partial charge in [-0.3, -0.25) is 0 Å². The Balaban J connectivity index is 1.66. The molecule has 1 saturated heterocycles. The van der Waals surface area contributed by atoms with Crippen molar-refractivity contribution in [3.63, 3.8) is 0 Å². The number of likely N-dealkylation sites (tertiary alicyclic amines) is 1. The smallest absolute Gasteiger partial charge is 0.410 e. The third-order valence-electron chi connectivity index (χ3n) is 4.70. The first-order chi connectivity index (χ1) is 13.3. The molecule has 1 aromatic heterocycles. The molecule has 0 spiro atoms. The number of ether oxygens (including phenoxy) is 1. The molecule has 0 aliphatic carbocycles. The molecule has 1 aliphatic heterocycles. The third kappa shape index (κ3) is 3.63. The zero-order chi connectivity index (χ0) is 19.9. The highest BCUT2D eigenvalue weighted by molar-refractivity contribution is 5.79. The summed E-state index contributed by atoms with van der Waals surface area (Å²) >= 11 is 0. The van der Waals surface area contributed by atoms with Crippen LogP contribution in [0.3, 0.4) is 0 Å². The number of nitrogens with two attached hydrogens (primary N) is 1. The van der Waals surface area contributed by atoms with Crippen molar-refractivity contribution in [3.05, 3.63) is 54.2 Å². The number of para-hydroxylation sites is 2. The monoisotopic (exact) mass is 376 g/mol. The molecule has 6 heteroatoms. The van der Waals surface area contributed by atoms with E-state index in [9.17, 15) is 4.79 Å². The van der Waals surface area contributed by atoms with Crippen molar-refractivity contribution in [3.8, 4) is 11.3 Å². The highest BCUT2D eigenvalue weighted by atomic mass is 16.6. The number of anilines is 1. The molecule has 144 valence electrons. The summed E-state index contributed by atoms with van der Waals surface area (Å²) in [7, 11) is 0. The van der Waals surface area contributed by atoms with Gasteiger partial charge in [0.1, 0.15) is 5.60 Å². The van der Waals surface area contributed by atoms with E-state index in [-0.39, 0.29) is 12.0 Å². The summed E-state index contributed by atoms with van der Waals surface area (Å²) in [5.74, 6) is 0.122. The molecular weight excluding hydrogens is 352 g/mol. The maximum absolute atomic E-state index is 12.3. The normalized spacial score (nSPS) is 14.8. The largest absolute Gasteiger partial charge is 0.444 e. The van der Waals surface area contributed by atoms with Crippen molar-refractivity contribution < 1.29 is 9.53 Å². The van der Waals surface area contributed by atoms with E-state index in [1.54, 1.807) is 4.90 Å². The fourth-order valence-corrected chi connectivity index (χ4v) is 3.28. The molecule has 1 fully saturated rings. The van der Waals surface area contributed by atoms with E-state index in [2.05, 4.69) is 0 Å². The van der Waals surface area contributed by atoms with Gasteiger partial charge >= 0.3 is 6.09 Å². The van der Waals surface area contributed by atoms with Crippen molar-refractivity contribution >= 4 is 22.8 Å². The van der Waals surface area contributed by atoms with E-state index < -0.39 is 5.60 Å². The number of nitrogen functional groups attached to an aromatic ring is 1. The third-order valence-corrected chi connectivity index (χ3v) is 4.70. The number of hydrogen-bond acceptors (Lipinski definition) is 5. The SMILES string of the molecule is CC(C)(C)OC(=O)N1CC(c2nc3ccccc3nc2-c2ccc(N)cc2)C1. The average molecular weight is 376 g/mol. The van der Waals surface area contributed by atoms with E-state index >= 15 is 0 Å². The molecule has 0 saturated carbocycles. The number of aromatic nitrogens is 2. The van der Waals surface area contributed by atoms with Crippen LogP contribution in [0.1, 0.15) is 32.4 Å². The summed E-state index contributed by atoms with van der Waals surface area (Å²) in [6.45, 7) is 6.76. The minimum atomic E-state index is -0.500. The van der Waals surface area contributed by atoms with Crippen molar-refractivity contribution in [1.29, 1.82) is 0 Å². The Morgan fingerprint density at radius 1 is 1.04 bits per heavy atom. The molecule has 2 N–H and O–H groups in total. The first-order valence-electron chi connectivity index (χ1n) is 9.41. The lowest BCUT2D eigenvalue weighted by Crippen LogP contribution is -2.50. The molecule has 0 atom stereocenters. The van der Waals surface area contributed by atoms with Crippen LogP contribution in [-0.4, -0.2) is 39.7 Å². The second kappa shape index (κ2) is 6.78. The standard InChI is InChI=1S/C22H24N4O2/c1-22(2,3)28-21(27)26-12-15(13-26)20-19(14-8-10-16(23)11-9-14)24-17-6-4-5-7-18(17)25-20/h4-11,15H,12-13,23H2,1-3H3. The van der Waals surface area contributed by atoms with E-state index in [1.165, 1.54) is 0 Å². The number of amides is 1. The molecule has 0 unspecified atom stereocenters. The van der Waals surface area contributed by atoms with Crippen LogP contribution in [0.4, 0.5) is 10.5 Å². The van der Waals surface area contributed by atoms with E-state index in [0.717, 1.165) is 28.0 Å². The molecular formula is C22H24N4O2. The maximum atomic E-state index is 12.3. The highest BCUT2D eigenvalue weighted by Gasteiger charge is 2.37. The van der Waals surface area contributed by atoms with Crippen LogP contribution in [0.5, 0.6) is 0 Å². The highest BCUT2D eigenvalue weighted by Crippen LogP contribution is 2.34. The Morgan fingerprint density at radius 2 is 1.64 bits per heavy atom. The minimum Gasteiger partial charge on any atom is -0.444 e. The Labute approximate surface area is 164 Å². The Bertz CT molecular complexity index is 1020. The summed E-state index contributed by atoms with van der Waals surface area (Å²) < 4.78 is 5.46. The average Bonchev–Trinajstić information content (AvgIpc) is 2.59. The lowest BCUT2D eigenvalue weighted by atomic mass is 9.92. The second-order valence-corrected chi connectivity index (χ2v) is 8.15. The molecule has 1 aliphatic rings. The maximum Gasteiger partial charge on any atom is 0.410 e. The molecule has 0 radical (unpaired) electrons. The van der Waals surface area contributed by atoms with Crippen LogP contribution in [-0.2, 0) is 4.74 Å². The summed E-state index contributed by atoms with van der Waals surface area (Å²) in [6, 6.07) is 15.5. The second-order valence-electron chi connectivity index (χ2n) is 8.15. The van der Waals surface area contributed by atoms with Crippen molar-refractivity contribution in [2.75, 3.05) is 18.8 Å². The summed E-state index contributed by atoms with van der Waals surface area (Å²) in [4.78, 5) is 23.7. The first-order valence-corrected chi connectivity index (χ1v) is 9.41. The molecule has 28 heavy (non-hydrogen) atoms. The summed E-state index contributed by atoms with van der Waals surface area (Å²) in [5.41, 5.74) is 10.5. The van der Waals surface area contributed by atoms with Crippen LogP contribution < -0.4 is 5.73 Å². The Hall–Kier alpha value is -3.15. The lowest BCUT2D eigenvalue weighted by Gasteiger charge is -2.39. The van der Waals surface area contributed by atoms with E-state index in [1.807, 2.05) is 69.3 Å². The number of nitrogens with zero attached hydrogens (tertiary/aromatic N) is 3. The lowest BCUT2D eigenvalue weighted by molar-refractivity contribution is 0.00792. The van der Waals surface area contributed by atoms with Crippen LogP contribution in [0, 0.1) is 0 Å². The number of carbonyl (C=O) groups excluding carboxylic acids is 1. The van der Waals surface area contributed by atoms with Crippen LogP contribution >= 0.6 is 0 Å². The number of rotatable bonds is 2. The van der Waals surface area contributed by atoms with E-state index in [0.29, 0.717) is 18.8 Å². The van der Waals surface area contributed by atoms with Gasteiger partial charge in [0.15, 0.2) is 0 Å². The van der Waals surface area contributed by atoms with Gasteiger partial charge in [-0.05, 0) is 45.0 Å². The van der Waals surface area contributed by atoms with Gasteiger partial charge in [-0.1, -0.05) is 24.3 Å². The molecule has 0 bridgehead atoms. The summed E-state index contributed by atoms with van der Waals surface area (Å²) in [6.07, 6.45) is -0.286. The number of carbonyl (C=O) groups is 1. The molecule has 1 amide bonds. The molecule has 2 heterocycles. The number of fused-ring (bicyclic) bond motifs is 1. The van der Waals surface area contributed by atoms with Gasteiger partial charge in [0.05, 0.1) is 22.4 Å². The Morgan fingerprint density at radius 3 is 2.25 bits per heavy atom. The van der Waals surface area contributed by atoms with Gasteiger partial charge in [-0.15, -0.1) is 0 Å². The predicted molar refractivity (Wildman–Crippen MR) is 110 cm³/mol. The molecule has 2 aromatic carbocycles. The van der Waals surface area contributed by atoms with Gasteiger partial charge in [0, 0.05) is 30.3 Å². The Kier molecular flexibility index (Phi) is 4.41. The first kappa shape index (κ1) is 18.2. The number of hydrogen-bond donors (Lipinski definition) is 1. The van der Waals surface area contributed by atoms with Crippen LogP contribution in [0.25, 0.3) is 22.3 Å². The topological polar surface area (TPSA) is 81.3 Å².